The van der Waals surface area contributed by atoms with Crippen LogP contribution >= 0.6 is 11.6 Å². The van der Waals surface area contributed by atoms with Gasteiger partial charge in [-0.25, -0.2) is 12.8 Å². The van der Waals surface area contributed by atoms with Crippen molar-refractivity contribution in [3.8, 4) is 0 Å². The monoisotopic (exact) mass is 333 g/mol. The average molecular weight is 334 g/mol. The standard InChI is InChI=1S/C14H17ClFNO3S/c15-9-10-4-5-11(16)14(8-10)21(18,19)17-6-7-20-13-3-1-2-12(13)17/h4-5,8,12-13H,1-3,6-7,9H2. The maximum Gasteiger partial charge on any atom is 0.246 e. The van der Waals surface area contributed by atoms with Gasteiger partial charge in [-0.05, 0) is 37.0 Å². The molecule has 0 spiro atoms. The highest BCUT2D eigenvalue weighted by Crippen LogP contribution is 2.34. The molecule has 2 fully saturated rings. The zero-order valence-electron chi connectivity index (χ0n) is 11.5. The van der Waals surface area contributed by atoms with Gasteiger partial charge >= 0.3 is 0 Å². The number of ether oxygens (including phenoxy) is 1. The van der Waals surface area contributed by atoms with Gasteiger partial charge in [0.2, 0.25) is 10.0 Å². The molecule has 3 rings (SSSR count). The van der Waals surface area contributed by atoms with Crippen LogP contribution in [0.3, 0.4) is 0 Å². The van der Waals surface area contributed by atoms with Crippen molar-refractivity contribution >= 4 is 21.6 Å². The number of halogens is 2. The molecule has 1 heterocycles. The molecule has 1 aliphatic heterocycles. The molecule has 1 aliphatic carbocycles. The van der Waals surface area contributed by atoms with Crippen molar-refractivity contribution in [2.24, 2.45) is 0 Å². The van der Waals surface area contributed by atoms with Gasteiger partial charge in [0.05, 0.1) is 18.8 Å². The fourth-order valence-electron chi connectivity index (χ4n) is 3.14. The van der Waals surface area contributed by atoms with Crippen molar-refractivity contribution in [1.29, 1.82) is 0 Å². The first-order valence-electron chi connectivity index (χ1n) is 7.02. The Hall–Kier alpha value is -0.690. The third-order valence-corrected chi connectivity index (χ3v) is 6.42. The molecule has 1 aromatic rings. The van der Waals surface area contributed by atoms with E-state index >= 15 is 0 Å². The molecule has 0 N–H and O–H groups in total. The van der Waals surface area contributed by atoms with Crippen molar-refractivity contribution in [2.75, 3.05) is 13.2 Å². The molecular formula is C14H17ClFNO3S. The molecule has 21 heavy (non-hydrogen) atoms. The van der Waals surface area contributed by atoms with E-state index in [1.165, 1.54) is 16.4 Å². The van der Waals surface area contributed by atoms with Crippen LogP contribution in [0.25, 0.3) is 0 Å². The SMILES string of the molecule is O=S(=O)(c1cc(CCl)ccc1F)N1CCOC2CCCC21. The zero-order valence-corrected chi connectivity index (χ0v) is 13.0. The summed E-state index contributed by atoms with van der Waals surface area (Å²) < 4.78 is 46.7. The lowest BCUT2D eigenvalue weighted by Crippen LogP contribution is -2.51. The smallest absolute Gasteiger partial charge is 0.246 e. The van der Waals surface area contributed by atoms with E-state index in [2.05, 4.69) is 0 Å². The van der Waals surface area contributed by atoms with Gasteiger partial charge in [0.1, 0.15) is 10.7 Å². The molecule has 4 nitrogen and oxygen atoms in total. The highest BCUT2D eigenvalue weighted by Gasteiger charge is 2.43. The third kappa shape index (κ3) is 2.70. The summed E-state index contributed by atoms with van der Waals surface area (Å²) in [5.41, 5.74) is 0.591. The van der Waals surface area contributed by atoms with Crippen molar-refractivity contribution in [3.63, 3.8) is 0 Å². The number of morpholine rings is 1. The Morgan fingerprint density at radius 1 is 1.38 bits per heavy atom. The Balaban J connectivity index is 2.00. The first-order valence-corrected chi connectivity index (χ1v) is 8.99. The molecule has 0 aromatic heterocycles. The van der Waals surface area contributed by atoms with E-state index < -0.39 is 15.8 Å². The summed E-state index contributed by atoms with van der Waals surface area (Å²) in [6, 6.07) is 3.82. The van der Waals surface area contributed by atoms with Gasteiger partial charge in [-0.1, -0.05) is 6.07 Å². The van der Waals surface area contributed by atoms with Gasteiger partial charge in [0, 0.05) is 12.4 Å². The van der Waals surface area contributed by atoms with Crippen LogP contribution in [0.4, 0.5) is 4.39 Å². The van der Waals surface area contributed by atoms with Crippen molar-refractivity contribution in [1.82, 2.24) is 4.31 Å². The van der Waals surface area contributed by atoms with Gasteiger partial charge in [-0.3, -0.25) is 0 Å². The molecule has 1 saturated heterocycles. The number of rotatable bonds is 3. The van der Waals surface area contributed by atoms with Crippen LogP contribution in [-0.2, 0) is 20.6 Å². The lowest BCUT2D eigenvalue weighted by molar-refractivity contribution is -0.0242. The fourth-order valence-corrected chi connectivity index (χ4v) is 5.09. The number of hydrogen-bond donors (Lipinski definition) is 0. The van der Waals surface area contributed by atoms with Crippen LogP contribution in [0.1, 0.15) is 24.8 Å². The molecule has 2 atom stereocenters. The van der Waals surface area contributed by atoms with Gasteiger partial charge in [-0.2, -0.15) is 4.31 Å². The Bertz CT molecular complexity index is 637. The van der Waals surface area contributed by atoms with Gasteiger partial charge in [0.25, 0.3) is 0 Å². The van der Waals surface area contributed by atoms with Crippen molar-refractivity contribution in [2.45, 2.75) is 42.2 Å². The number of benzene rings is 1. The van der Waals surface area contributed by atoms with Crippen LogP contribution < -0.4 is 0 Å². The van der Waals surface area contributed by atoms with E-state index in [1.807, 2.05) is 0 Å². The van der Waals surface area contributed by atoms with E-state index in [-0.39, 0.29) is 29.5 Å². The molecular weight excluding hydrogens is 317 g/mol. The molecule has 0 amide bonds. The Labute approximate surface area is 128 Å². The van der Waals surface area contributed by atoms with Crippen LogP contribution in [0.15, 0.2) is 23.1 Å². The van der Waals surface area contributed by atoms with Gasteiger partial charge < -0.3 is 4.74 Å². The molecule has 116 valence electrons. The molecule has 2 unspecified atom stereocenters. The predicted octanol–water partition coefficient (Wildman–Crippen LogP) is 2.51. The van der Waals surface area contributed by atoms with Crippen LogP contribution in [-0.4, -0.2) is 38.0 Å². The Morgan fingerprint density at radius 3 is 2.95 bits per heavy atom. The van der Waals surface area contributed by atoms with E-state index in [0.29, 0.717) is 12.2 Å². The summed E-state index contributed by atoms with van der Waals surface area (Å²) >= 11 is 5.73. The van der Waals surface area contributed by atoms with Crippen molar-refractivity contribution < 1.29 is 17.5 Å². The molecule has 0 bridgehead atoms. The summed E-state index contributed by atoms with van der Waals surface area (Å²) in [6.45, 7) is 0.630. The normalized spacial score (nSPS) is 26.8. The largest absolute Gasteiger partial charge is 0.375 e. The maximum atomic E-state index is 14.0. The minimum absolute atomic E-state index is 0.0622. The molecule has 2 aliphatic rings. The quantitative estimate of drug-likeness (QED) is 0.798. The second kappa shape index (κ2) is 5.83. The van der Waals surface area contributed by atoms with E-state index in [9.17, 15) is 12.8 Å². The lowest BCUT2D eigenvalue weighted by atomic mass is 10.2. The highest BCUT2D eigenvalue weighted by atomic mass is 35.5. The summed E-state index contributed by atoms with van der Waals surface area (Å²) in [5.74, 6) is -0.581. The van der Waals surface area contributed by atoms with E-state index in [0.717, 1.165) is 25.3 Å². The molecule has 1 aromatic carbocycles. The third-order valence-electron chi connectivity index (χ3n) is 4.17. The molecule has 0 radical (unpaired) electrons. The number of fused-ring (bicyclic) bond motifs is 1. The number of nitrogens with zero attached hydrogens (tertiary/aromatic N) is 1. The topological polar surface area (TPSA) is 46.6 Å². The van der Waals surface area contributed by atoms with Crippen LogP contribution in [0, 0.1) is 5.82 Å². The number of hydrogen-bond acceptors (Lipinski definition) is 3. The lowest BCUT2D eigenvalue weighted by Gasteiger charge is -2.36. The molecule has 7 heteroatoms. The second-order valence-corrected chi connectivity index (χ2v) is 7.55. The minimum Gasteiger partial charge on any atom is -0.375 e. The summed E-state index contributed by atoms with van der Waals surface area (Å²) in [7, 11) is -3.86. The summed E-state index contributed by atoms with van der Waals surface area (Å²) in [4.78, 5) is -0.284. The zero-order chi connectivity index (χ0) is 15.0. The highest BCUT2D eigenvalue weighted by molar-refractivity contribution is 7.89. The fraction of sp³-hybridized carbons (Fsp3) is 0.571. The van der Waals surface area contributed by atoms with Crippen LogP contribution in [0.2, 0.25) is 0 Å². The van der Waals surface area contributed by atoms with Crippen LogP contribution in [0.5, 0.6) is 0 Å². The Morgan fingerprint density at radius 2 is 2.19 bits per heavy atom. The Kier molecular flexibility index (Phi) is 4.23. The van der Waals surface area contributed by atoms with Gasteiger partial charge in [0.15, 0.2) is 0 Å². The predicted molar refractivity (Wildman–Crippen MR) is 77.2 cm³/mol. The number of alkyl halides is 1. The first kappa shape index (κ1) is 15.2. The van der Waals surface area contributed by atoms with Crippen molar-refractivity contribution in [3.05, 3.63) is 29.6 Å². The first-order chi connectivity index (χ1) is 10.0. The average Bonchev–Trinajstić information content (AvgIpc) is 2.95. The van der Waals surface area contributed by atoms with E-state index in [4.69, 9.17) is 16.3 Å². The summed E-state index contributed by atoms with van der Waals surface area (Å²) in [6.07, 6.45) is 2.50. The minimum atomic E-state index is -3.86. The number of sulfonamides is 1. The summed E-state index contributed by atoms with van der Waals surface area (Å²) in [5, 5.41) is 0. The molecule has 1 saturated carbocycles. The van der Waals surface area contributed by atoms with E-state index in [1.54, 1.807) is 0 Å². The van der Waals surface area contributed by atoms with Gasteiger partial charge in [-0.15, -0.1) is 11.6 Å². The second-order valence-electron chi connectivity index (χ2n) is 5.42. The maximum absolute atomic E-state index is 14.0.